The van der Waals surface area contributed by atoms with Gasteiger partial charge < -0.3 is 9.47 Å². The molecule has 4 N–H and O–H groups in total. The minimum absolute atomic E-state index is 0.110. The van der Waals surface area contributed by atoms with Crippen LogP contribution in [0.4, 0.5) is 0 Å². The quantitative estimate of drug-likeness (QED) is 0.158. The van der Waals surface area contributed by atoms with Crippen LogP contribution in [0.5, 0.6) is 11.5 Å². The van der Waals surface area contributed by atoms with E-state index in [1.54, 1.807) is 0 Å². The Bertz CT molecular complexity index is 1260. The van der Waals surface area contributed by atoms with E-state index >= 15 is 0 Å². The number of nitrogens with zero attached hydrogens (tertiary/aromatic N) is 2. The molecule has 0 fully saturated rings. The van der Waals surface area contributed by atoms with Crippen LogP contribution in [0.3, 0.4) is 0 Å². The molecule has 34 heavy (non-hydrogen) atoms. The third-order valence-corrected chi connectivity index (χ3v) is 5.65. The van der Waals surface area contributed by atoms with Gasteiger partial charge in [-0.25, -0.2) is 10.9 Å². The van der Waals surface area contributed by atoms with Crippen LogP contribution in [0.15, 0.2) is 56.4 Å². The zero-order valence-corrected chi connectivity index (χ0v) is 19.1. The van der Waals surface area contributed by atoms with Crippen molar-refractivity contribution in [3.63, 3.8) is 0 Å². The first-order valence-electron chi connectivity index (χ1n) is 8.84. The van der Waals surface area contributed by atoms with Crippen molar-refractivity contribution >= 4 is 44.5 Å². The van der Waals surface area contributed by atoms with Crippen LogP contribution < -0.4 is 20.3 Å². The summed E-state index contributed by atoms with van der Waals surface area (Å²) in [5, 5.41) is 7.00. The Morgan fingerprint density at radius 2 is 1.12 bits per heavy atom. The molecule has 2 aromatic rings. The molecule has 182 valence electrons. The molecule has 2 rings (SSSR count). The van der Waals surface area contributed by atoms with Crippen LogP contribution in [0, 0.1) is 0 Å². The predicted molar refractivity (Wildman–Crippen MR) is 117 cm³/mol. The fourth-order valence-corrected chi connectivity index (χ4v) is 3.76. The van der Waals surface area contributed by atoms with E-state index in [0.717, 1.165) is 24.6 Å². The van der Waals surface area contributed by atoms with Gasteiger partial charge in [-0.3, -0.25) is 18.7 Å². The molecule has 0 heterocycles. The highest BCUT2D eigenvalue weighted by Gasteiger charge is 2.18. The van der Waals surface area contributed by atoms with Gasteiger partial charge in [-0.05, 0) is 47.5 Å². The van der Waals surface area contributed by atoms with Gasteiger partial charge in [0.1, 0.15) is 21.3 Å². The summed E-state index contributed by atoms with van der Waals surface area (Å²) in [6, 6.07) is 7.32. The van der Waals surface area contributed by atoms with E-state index < -0.39 is 41.8 Å². The number of methoxy groups -OCH3 is 2. The average molecular weight is 514 g/mol. The van der Waals surface area contributed by atoms with Crippen molar-refractivity contribution in [1.29, 1.82) is 0 Å². The van der Waals surface area contributed by atoms with Gasteiger partial charge in [0.15, 0.2) is 0 Å². The Morgan fingerprint density at radius 3 is 1.41 bits per heavy atom. The molecular weight excluding hydrogens is 496 g/mol. The second kappa shape index (κ2) is 10.8. The Labute approximate surface area is 193 Å². The molecule has 0 unspecified atom stereocenters. The number of benzene rings is 2. The maximum Gasteiger partial charge on any atom is 0.331 e. The van der Waals surface area contributed by atoms with Crippen LogP contribution in [0.1, 0.15) is 11.1 Å². The summed E-state index contributed by atoms with van der Waals surface area (Å²) < 4.78 is 73.7. The third-order valence-electron chi connectivity index (χ3n) is 3.90. The molecule has 16 heteroatoms. The normalized spacial score (nSPS) is 12.0. The fraction of sp³-hybridized carbons (Fsp3) is 0.111. The minimum atomic E-state index is -4.58. The molecular formula is C18H18N4O10S2. The van der Waals surface area contributed by atoms with Crippen molar-refractivity contribution in [3.05, 3.63) is 47.5 Å². The van der Waals surface area contributed by atoms with Crippen molar-refractivity contribution in [3.8, 4) is 11.5 Å². The smallest absolute Gasteiger partial charge is 0.331 e. The second-order valence-electron chi connectivity index (χ2n) is 6.17. The summed E-state index contributed by atoms with van der Waals surface area (Å²) >= 11 is 0. The van der Waals surface area contributed by atoms with E-state index in [1.807, 2.05) is 10.9 Å². The monoisotopic (exact) mass is 514 g/mol. The second-order valence-corrected chi connectivity index (χ2v) is 8.95. The summed E-state index contributed by atoms with van der Waals surface area (Å²) in [5.74, 6) is -2.68. The predicted octanol–water partition coefficient (Wildman–Crippen LogP) is -0.202. The molecule has 2 aromatic carbocycles. The van der Waals surface area contributed by atoms with Crippen LogP contribution in [0.25, 0.3) is 0 Å². The van der Waals surface area contributed by atoms with Crippen LogP contribution >= 0.6 is 0 Å². The highest BCUT2D eigenvalue weighted by molar-refractivity contribution is 7.86. The van der Waals surface area contributed by atoms with E-state index in [2.05, 4.69) is 10.2 Å². The topological polar surface area (TPSA) is 210 Å². The van der Waals surface area contributed by atoms with E-state index in [9.17, 15) is 35.5 Å². The maximum absolute atomic E-state index is 11.8. The molecule has 0 radical (unpaired) electrons. The number of amides is 2. The van der Waals surface area contributed by atoms with Crippen molar-refractivity contribution < 1.29 is 45.0 Å². The summed E-state index contributed by atoms with van der Waals surface area (Å²) in [6.45, 7) is 0. The van der Waals surface area contributed by atoms with Gasteiger partial charge in [0.2, 0.25) is 0 Å². The zero-order chi connectivity index (χ0) is 25.5. The van der Waals surface area contributed by atoms with Gasteiger partial charge in [0.25, 0.3) is 20.2 Å². The summed E-state index contributed by atoms with van der Waals surface area (Å²) in [4.78, 5) is 22.5. The highest BCUT2D eigenvalue weighted by Crippen LogP contribution is 2.24. The van der Waals surface area contributed by atoms with Crippen LogP contribution in [-0.2, 0) is 29.8 Å². The van der Waals surface area contributed by atoms with Crippen LogP contribution in [0.2, 0.25) is 0 Å². The Kier molecular flexibility index (Phi) is 8.41. The number of carbonyl (C=O) groups excluding carboxylic acids is 2. The van der Waals surface area contributed by atoms with E-state index in [0.29, 0.717) is 0 Å². The van der Waals surface area contributed by atoms with Crippen molar-refractivity contribution in [1.82, 2.24) is 10.9 Å². The lowest BCUT2D eigenvalue weighted by Crippen LogP contribution is -2.35. The average Bonchev–Trinajstić information content (AvgIpc) is 2.77. The molecule has 0 atom stereocenters. The van der Waals surface area contributed by atoms with Crippen LogP contribution in [-0.4, -0.2) is 64.4 Å². The van der Waals surface area contributed by atoms with Crippen molar-refractivity contribution in [2.75, 3.05) is 14.2 Å². The first-order chi connectivity index (χ1) is 15.9. The van der Waals surface area contributed by atoms with E-state index in [1.165, 1.54) is 38.5 Å². The number of ether oxygens (including phenoxy) is 2. The van der Waals surface area contributed by atoms with Gasteiger partial charge in [-0.15, -0.1) is 0 Å². The molecule has 0 aromatic heterocycles. The number of rotatable bonds is 8. The third kappa shape index (κ3) is 7.07. The largest absolute Gasteiger partial charge is 0.495 e. The van der Waals surface area contributed by atoms with Gasteiger partial charge in [-0.1, -0.05) is 0 Å². The molecule has 0 aliphatic heterocycles. The van der Waals surface area contributed by atoms with Crippen molar-refractivity contribution in [2.24, 2.45) is 10.2 Å². The molecule has 0 saturated heterocycles. The van der Waals surface area contributed by atoms with E-state index in [4.69, 9.17) is 9.47 Å². The van der Waals surface area contributed by atoms with E-state index in [-0.39, 0.29) is 22.6 Å². The Hall–Kier alpha value is -3.86. The maximum atomic E-state index is 11.8. The van der Waals surface area contributed by atoms with Crippen molar-refractivity contribution in [2.45, 2.75) is 9.79 Å². The summed E-state index contributed by atoms with van der Waals surface area (Å²) in [6.07, 6.45) is 2.02. The molecule has 0 saturated carbocycles. The molecule has 2 amide bonds. The number of hydrazone groups is 2. The number of hydrogen-bond acceptors (Lipinski definition) is 10. The molecule has 0 aliphatic carbocycles. The Morgan fingerprint density at radius 1 is 0.765 bits per heavy atom. The number of carbonyl (C=O) groups is 2. The Balaban J connectivity index is 2.02. The highest BCUT2D eigenvalue weighted by atomic mass is 32.2. The number of nitrogens with one attached hydrogen (secondary N) is 2. The summed E-state index contributed by atoms with van der Waals surface area (Å²) in [7, 11) is -6.74. The number of hydrogen-bond donors (Lipinski definition) is 4. The zero-order valence-electron chi connectivity index (χ0n) is 17.5. The summed E-state index contributed by atoms with van der Waals surface area (Å²) in [5.41, 5.74) is 4.07. The minimum Gasteiger partial charge on any atom is -0.495 e. The lowest BCUT2D eigenvalue weighted by atomic mass is 10.2. The molecule has 0 spiro atoms. The first-order valence-corrected chi connectivity index (χ1v) is 11.7. The van der Waals surface area contributed by atoms with Gasteiger partial charge >= 0.3 is 11.8 Å². The SMILES string of the molecule is COc1ccc(/C=N/NC(=O)C(=O)N/N=C/c2ccc(OC)c(S(=O)(=O)O)c2)cc1S(=O)(=O)O. The lowest BCUT2D eigenvalue weighted by molar-refractivity contribution is -0.139. The molecule has 0 bridgehead atoms. The first kappa shape index (κ1) is 26.4. The fourth-order valence-electron chi connectivity index (χ4n) is 2.38. The lowest BCUT2D eigenvalue weighted by Gasteiger charge is -2.06. The van der Waals surface area contributed by atoms with Gasteiger partial charge in [0, 0.05) is 0 Å². The molecule has 0 aliphatic rings. The van der Waals surface area contributed by atoms with Gasteiger partial charge in [-0.2, -0.15) is 27.0 Å². The molecule has 14 nitrogen and oxygen atoms in total. The van der Waals surface area contributed by atoms with Gasteiger partial charge in [0.05, 0.1) is 26.6 Å². The standard InChI is InChI=1S/C18H18N4O10S2/c1-31-13-5-3-11(7-15(13)33(25,26)27)9-19-21-17(23)18(24)22-20-10-12-4-6-14(32-2)16(8-12)34(28,29)30/h3-10H,1-2H3,(H,21,23)(H,22,24)(H,25,26,27)(H,28,29,30)/b19-9+,20-10+.